The topological polar surface area (TPSA) is 49.3 Å². The number of nitrogens with one attached hydrogen (secondary N) is 1. The monoisotopic (exact) mass is 297 g/mol. The van der Waals surface area contributed by atoms with Crippen LogP contribution in [0.15, 0.2) is 11.4 Å². The molecular weight excluding hydrogens is 278 g/mol. The number of thioether (sulfide) groups is 1. The zero-order valence-electron chi connectivity index (χ0n) is 10.8. The van der Waals surface area contributed by atoms with Crippen molar-refractivity contribution in [3.05, 3.63) is 21.9 Å². The van der Waals surface area contributed by atoms with Crippen molar-refractivity contribution in [2.45, 2.75) is 37.0 Å². The minimum atomic E-state index is -0.0463. The van der Waals surface area contributed by atoms with Crippen molar-refractivity contribution in [2.75, 3.05) is 12.4 Å². The van der Waals surface area contributed by atoms with E-state index < -0.39 is 0 Å². The van der Waals surface area contributed by atoms with E-state index >= 15 is 0 Å². The first-order valence-corrected chi connectivity index (χ1v) is 8.81. The summed E-state index contributed by atoms with van der Waals surface area (Å²) in [6, 6.07) is 2.26. The number of aliphatic hydroxyl groups is 1. The third-order valence-corrected chi connectivity index (χ3v) is 6.11. The predicted octanol–water partition coefficient (Wildman–Crippen LogP) is 2.36. The lowest BCUT2D eigenvalue weighted by Crippen LogP contribution is -2.40. The van der Waals surface area contributed by atoms with Crippen molar-refractivity contribution in [2.24, 2.45) is 5.92 Å². The maximum Gasteiger partial charge on any atom is 0.237 e. The number of amides is 1. The summed E-state index contributed by atoms with van der Waals surface area (Å²) in [7, 11) is 0. The molecule has 1 saturated carbocycles. The smallest absolute Gasteiger partial charge is 0.237 e. The fourth-order valence-electron chi connectivity index (χ4n) is 2.69. The maximum absolute atomic E-state index is 12.5. The van der Waals surface area contributed by atoms with Crippen molar-refractivity contribution in [3.8, 4) is 0 Å². The van der Waals surface area contributed by atoms with Crippen molar-refractivity contribution in [1.82, 2.24) is 5.32 Å². The fraction of sp³-hybridized carbons (Fsp3) is 0.643. The van der Waals surface area contributed by atoms with E-state index in [9.17, 15) is 4.79 Å². The summed E-state index contributed by atoms with van der Waals surface area (Å²) in [5, 5.41) is 14.3. The Kier molecular flexibility index (Phi) is 4.15. The number of hydrogen-bond acceptors (Lipinski definition) is 4. The van der Waals surface area contributed by atoms with Crippen LogP contribution in [0.2, 0.25) is 0 Å². The number of aryl methyl sites for hydroxylation is 1. The van der Waals surface area contributed by atoms with Gasteiger partial charge in [0.1, 0.15) is 5.25 Å². The van der Waals surface area contributed by atoms with Crippen LogP contribution < -0.4 is 5.32 Å². The second kappa shape index (κ2) is 5.85. The SMILES string of the molecule is O=C(NC(CCO)C1CC1)C1SCCc2sccc21. The fourth-order valence-corrected chi connectivity index (χ4v) is 4.99. The van der Waals surface area contributed by atoms with E-state index in [0.717, 1.165) is 12.2 Å². The molecule has 0 saturated heterocycles. The van der Waals surface area contributed by atoms with Crippen LogP contribution in [0.25, 0.3) is 0 Å². The molecule has 1 amide bonds. The lowest BCUT2D eigenvalue weighted by atomic mass is 10.1. The minimum Gasteiger partial charge on any atom is -0.396 e. The molecule has 2 aliphatic rings. The van der Waals surface area contributed by atoms with Gasteiger partial charge in [0.15, 0.2) is 0 Å². The van der Waals surface area contributed by atoms with Crippen LogP contribution in [-0.4, -0.2) is 29.4 Å². The zero-order chi connectivity index (χ0) is 13.2. The van der Waals surface area contributed by atoms with Crippen LogP contribution in [0, 0.1) is 5.92 Å². The van der Waals surface area contributed by atoms with Crippen LogP contribution in [0.5, 0.6) is 0 Å². The number of hydrogen-bond donors (Lipinski definition) is 2. The third kappa shape index (κ3) is 2.98. The Morgan fingerprint density at radius 3 is 3.11 bits per heavy atom. The Balaban J connectivity index is 1.67. The minimum absolute atomic E-state index is 0.0463. The third-order valence-electron chi connectivity index (χ3n) is 3.87. The molecule has 2 heterocycles. The van der Waals surface area contributed by atoms with Gasteiger partial charge in [-0.25, -0.2) is 0 Å². The number of carbonyl (C=O) groups is 1. The van der Waals surface area contributed by atoms with E-state index in [1.54, 1.807) is 23.1 Å². The number of thiophene rings is 1. The Labute approximate surface area is 121 Å². The quantitative estimate of drug-likeness (QED) is 0.877. The Hall–Kier alpha value is -0.520. The van der Waals surface area contributed by atoms with Crippen LogP contribution >= 0.6 is 23.1 Å². The van der Waals surface area contributed by atoms with E-state index in [0.29, 0.717) is 12.3 Å². The largest absolute Gasteiger partial charge is 0.396 e. The first kappa shape index (κ1) is 13.5. The number of carbonyl (C=O) groups excluding carboxylic acids is 1. The summed E-state index contributed by atoms with van der Waals surface area (Å²) in [5.74, 6) is 1.75. The normalized spacial score (nSPS) is 23.7. The van der Waals surface area contributed by atoms with Gasteiger partial charge in [0.05, 0.1) is 0 Å². The second-order valence-corrected chi connectivity index (χ2v) is 7.48. The molecule has 5 heteroatoms. The summed E-state index contributed by atoms with van der Waals surface area (Å²) < 4.78 is 0. The lowest BCUT2D eigenvalue weighted by molar-refractivity contribution is -0.121. The van der Waals surface area contributed by atoms with Crippen molar-refractivity contribution in [1.29, 1.82) is 0 Å². The van der Waals surface area contributed by atoms with Gasteiger partial charge in [-0.2, -0.15) is 0 Å². The molecule has 1 aromatic rings. The van der Waals surface area contributed by atoms with Gasteiger partial charge in [-0.3, -0.25) is 4.79 Å². The van der Waals surface area contributed by atoms with Crippen LogP contribution in [0.3, 0.4) is 0 Å². The van der Waals surface area contributed by atoms with Gasteiger partial charge in [0.25, 0.3) is 0 Å². The molecule has 0 radical (unpaired) electrons. The number of aliphatic hydroxyl groups excluding tert-OH is 1. The Morgan fingerprint density at radius 2 is 2.37 bits per heavy atom. The zero-order valence-corrected chi connectivity index (χ0v) is 12.4. The van der Waals surface area contributed by atoms with E-state index in [4.69, 9.17) is 5.11 Å². The molecule has 1 aliphatic heterocycles. The highest BCUT2D eigenvalue weighted by molar-refractivity contribution is 8.00. The van der Waals surface area contributed by atoms with Crippen LogP contribution in [0.4, 0.5) is 0 Å². The van der Waals surface area contributed by atoms with Crippen LogP contribution in [-0.2, 0) is 11.2 Å². The maximum atomic E-state index is 12.5. The molecule has 2 unspecified atom stereocenters. The van der Waals surface area contributed by atoms with Crippen molar-refractivity contribution < 1.29 is 9.90 Å². The van der Waals surface area contributed by atoms with Gasteiger partial charge >= 0.3 is 0 Å². The molecular formula is C14H19NO2S2. The molecule has 0 bridgehead atoms. The molecule has 0 spiro atoms. The standard InChI is InChI=1S/C14H19NO2S2/c16-6-3-11(9-1-2-9)15-14(17)13-10-4-7-18-12(10)5-8-19-13/h4,7,9,11,13,16H,1-3,5-6,8H2,(H,15,17). The molecule has 3 nitrogen and oxygen atoms in total. The van der Waals surface area contributed by atoms with Gasteiger partial charge in [0, 0.05) is 17.5 Å². The van der Waals surface area contributed by atoms with E-state index in [1.807, 2.05) is 0 Å². The molecule has 0 aromatic carbocycles. The van der Waals surface area contributed by atoms with Crippen LogP contribution in [0.1, 0.15) is 35.0 Å². The molecule has 104 valence electrons. The Bertz CT molecular complexity index is 456. The molecule has 1 aromatic heterocycles. The highest BCUT2D eigenvalue weighted by Crippen LogP contribution is 2.40. The number of rotatable bonds is 5. The predicted molar refractivity (Wildman–Crippen MR) is 79.6 cm³/mol. The molecule has 2 atom stereocenters. The van der Waals surface area contributed by atoms with Gasteiger partial charge in [-0.05, 0) is 54.4 Å². The van der Waals surface area contributed by atoms with Gasteiger partial charge in [-0.1, -0.05) is 0 Å². The molecule has 1 aliphatic carbocycles. The summed E-state index contributed by atoms with van der Waals surface area (Å²) >= 11 is 3.50. The average Bonchev–Trinajstić information content (AvgIpc) is 3.15. The lowest BCUT2D eigenvalue weighted by Gasteiger charge is -2.25. The van der Waals surface area contributed by atoms with E-state index in [-0.39, 0.29) is 23.8 Å². The second-order valence-electron chi connectivity index (χ2n) is 5.26. The first-order chi connectivity index (χ1) is 9.29. The van der Waals surface area contributed by atoms with Gasteiger partial charge < -0.3 is 10.4 Å². The average molecular weight is 297 g/mol. The molecule has 2 N–H and O–H groups in total. The molecule has 3 rings (SSSR count). The van der Waals surface area contributed by atoms with Crippen molar-refractivity contribution >= 4 is 29.0 Å². The summed E-state index contributed by atoms with van der Waals surface area (Å²) in [4.78, 5) is 13.8. The highest BCUT2D eigenvalue weighted by atomic mass is 32.2. The molecule has 19 heavy (non-hydrogen) atoms. The summed E-state index contributed by atoms with van der Waals surface area (Å²) in [6.45, 7) is 0.156. The van der Waals surface area contributed by atoms with E-state index in [2.05, 4.69) is 16.8 Å². The van der Waals surface area contributed by atoms with Gasteiger partial charge in [-0.15, -0.1) is 23.1 Å². The summed E-state index contributed by atoms with van der Waals surface area (Å²) in [6.07, 6.45) is 4.15. The molecule has 1 fully saturated rings. The van der Waals surface area contributed by atoms with Crippen molar-refractivity contribution in [3.63, 3.8) is 0 Å². The van der Waals surface area contributed by atoms with E-state index in [1.165, 1.54) is 23.3 Å². The van der Waals surface area contributed by atoms with Gasteiger partial charge in [0.2, 0.25) is 5.91 Å². The number of fused-ring (bicyclic) bond motifs is 1. The Morgan fingerprint density at radius 1 is 1.53 bits per heavy atom. The highest BCUT2D eigenvalue weighted by Gasteiger charge is 2.35. The summed E-state index contributed by atoms with van der Waals surface area (Å²) in [5.41, 5.74) is 1.21. The first-order valence-electron chi connectivity index (χ1n) is 6.88.